The zero-order valence-corrected chi connectivity index (χ0v) is 12.0. The summed E-state index contributed by atoms with van der Waals surface area (Å²) in [6.45, 7) is 0. The molecular weight excluding hydrogens is 300 g/mol. The number of phenolic OH excluding ortho intramolecular Hbond substituents is 2. The highest BCUT2D eigenvalue weighted by Gasteiger charge is 2.25. The number of ether oxygens (including phenoxy) is 1. The summed E-state index contributed by atoms with van der Waals surface area (Å²) < 4.78 is 4.69. The van der Waals surface area contributed by atoms with Crippen LogP contribution < -0.4 is 11.5 Å². The standard InChI is InChI=1S/C16H16N2O5/c17-13(9-1-5-11(19)6-2-9)15(21)23-16(22)14(18)10-3-7-12(20)8-4-10/h1-8,13-14,19-20H,17-18H2. The molecule has 2 aromatic rings. The second-order valence-corrected chi connectivity index (χ2v) is 4.88. The van der Waals surface area contributed by atoms with Crippen molar-refractivity contribution in [3.05, 3.63) is 59.7 Å². The molecule has 0 heterocycles. The van der Waals surface area contributed by atoms with Gasteiger partial charge in [-0.1, -0.05) is 24.3 Å². The molecule has 7 heteroatoms. The van der Waals surface area contributed by atoms with E-state index in [1.165, 1.54) is 48.5 Å². The number of phenols is 2. The molecule has 0 spiro atoms. The van der Waals surface area contributed by atoms with Gasteiger partial charge in [-0.15, -0.1) is 0 Å². The van der Waals surface area contributed by atoms with Crippen molar-refractivity contribution < 1.29 is 24.5 Å². The van der Waals surface area contributed by atoms with Crippen LogP contribution in [0.3, 0.4) is 0 Å². The minimum absolute atomic E-state index is 0.0275. The average Bonchev–Trinajstić information content (AvgIpc) is 2.54. The van der Waals surface area contributed by atoms with E-state index in [1.807, 2.05) is 0 Å². The Balaban J connectivity index is 2.02. The molecule has 2 aromatic carbocycles. The molecule has 0 bridgehead atoms. The number of benzene rings is 2. The summed E-state index contributed by atoms with van der Waals surface area (Å²) in [5.41, 5.74) is 12.2. The lowest BCUT2D eigenvalue weighted by atomic mass is 10.1. The summed E-state index contributed by atoms with van der Waals surface area (Å²) >= 11 is 0. The maximum atomic E-state index is 11.9. The van der Waals surface area contributed by atoms with Gasteiger partial charge in [-0.3, -0.25) is 0 Å². The molecule has 0 aliphatic heterocycles. The Morgan fingerprint density at radius 2 is 1.04 bits per heavy atom. The van der Waals surface area contributed by atoms with Crippen molar-refractivity contribution in [1.82, 2.24) is 0 Å². The van der Waals surface area contributed by atoms with Crippen LogP contribution in [-0.4, -0.2) is 22.2 Å². The Kier molecular flexibility index (Phi) is 4.95. The molecule has 2 unspecified atom stereocenters. The highest BCUT2D eigenvalue weighted by molar-refractivity contribution is 5.91. The van der Waals surface area contributed by atoms with Crippen LogP contribution >= 0.6 is 0 Å². The van der Waals surface area contributed by atoms with Gasteiger partial charge in [-0.05, 0) is 35.4 Å². The van der Waals surface area contributed by atoms with E-state index >= 15 is 0 Å². The van der Waals surface area contributed by atoms with Gasteiger partial charge >= 0.3 is 11.9 Å². The fourth-order valence-electron chi connectivity index (χ4n) is 1.86. The highest BCUT2D eigenvalue weighted by Crippen LogP contribution is 2.19. The molecule has 0 aromatic heterocycles. The van der Waals surface area contributed by atoms with Crippen LogP contribution in [0.5, 0.6) is 11.5 Å². The Bertz CT molecular complexity index is 636. The Hall–Kier alpha value is -2.90. The number of rotatable bonds is 4. The fourth-order valence-corrected chi connectivity index (χ4v) is 1.86. The number of hydrogen-bond donors (Lipinski definition) is 4. The molecule has 6 N–H and O–H groups in total. The van der Waals surface area contributed by atoms with Crippen molar-refractivity contribution in [1.29, 1.82) is 0 Å². The largest absolute Gasteiger partial charge is 0.508 e. The molecule has 0 saturated heterocycles. The third-order valence-electron chi connectivity index (χ3n) is 3.21. The summed E-state index contributed by atoms with van der Waals surface area (Å²) in [6, 6.07) is 8.92. The molecule has 0 fully saturated rings. The first kappa shape index (κ1) is 16.5. The Labute approximate surface area is 132 Å². The molecule has 23 heavy (non-hydrogen) atoms. The SMILES string of the molecule is NC(C(=O)OC(=O)C(N)c1ccc(O)cc1)c1ccc(O)cc1. The molecule has 0 amide bonds. The molecule has 0 aliphatic carbocycles. The minimum Gasteiger partial charge on any atom is -0.508 e. The second kappa shape index (κ2) is 6.91. The van der Waals surface area contributed by atoms with Crippen LogP contribution in [0.25, 0.3) is 0 Å². The summed E-state index contributed by atoms with van der Waals surface area (Å²) in [4.78, 5) is 23.8. The quantitative estimate of drug-likeness (QED) is 0.485. The summed E-state index contributed by atoms with van der Waals surface area (Å²) in [6.07, 6.45) is 0. The van der Waals surface area contributed by atoms with Gasteiger partial charge in [0, 0.05) is 0 Å². The third kappa shape index (κ3) is 4.06. The van der Waals surface area contributed by atoms with E-state index in [0.29, 0.717) is 11.1 Å². The van der Waals surface area contributed by atoms with E-state index < -0.39 is 24.0 Å². The van der Waals surface area contributed by atoms with Crippen LogP contribution in [0.4, 0.5) is 0 Å². The topological polar surface area (TPSA) is 136 Å². The van der Waals surface area contributed by atoms with Gasteiger partial charge < -0.3 is 26.4 Å². The van der Waals surface area contributed by atoms with Crippen LogP contribution in [0.15, 0.2) is 48.5 Å². The summed E-state index contributed by atoms with van der Waals surface area (Å²) in [7, 11) is 0. The van der Waals surface area contributed by atoms with Crippen molar-refractivity contribution >= 4 is 11.9 Å². The number of nitrogens with two attached hydrogens (primary N) is 2. The van der Waals surface area contributed by atoms with Gasteiger partial charge in [0.2, 0.25) is 0 Å². The molecule has 7 nitrogen and oxygen atoms in total. The molecule has 2 rings (SSSR count). The van der Waals surface area contributed by atoms with Crippen molar-refractivity contribution in [2.24, 2.45) is 11.5 Å². The fraction of sp³-hybridized carbons (Fsp3) is 0.125. The van der Waals surface area contributed by atoms with Crippen LogP contribution in [0.1, 0.15) is 23.2 Å². The Morgan fingerprint density at radius 1 is 0.739 bits per heavy atom. The van der Waals surface area contributed by atoms with Gasteiger partial charge in [0.05, 0.1) is 0 Å². The van der Waals surface area contributed by atoms with Gasteiger partial charge in [0.25, 0.3) is 0 Å². The monoisotopic (exact) mass is 316 g/mol. The number of esters is 2. The van der Waals surface area contributed by atoms with Gasteiger partial charge in [-0.25, -0.2) is 9.59 Å². The lowest BCUT2D eigenvalue weighted by molar-refractivity contribution is -0.161. The summed E-state index contributed by atoms with van der Waals surface area (Å²) in [5, 5.41) is 18.4. The zero-order chi connectivity index (χ0) is 17.0. The maximum Gasteiger partial charge on any atom is 0.335 e. The van der Waals surface area contributed by atoms with E-state index in [2.05, 4.69) is 0 Å². The predicted molar refractivity (Wildman–Crippen MR) is 81.2 cm³/mol. The maximum absolute atomic E-state index is 11.9. The van der Waals surface area contributed by atoms with E-state index in [0.717, 1.165) is 0 Å². The van der Waals surface area contributed by atoms with Gasteiger partial charge in [-0.2, -0.15) is 0 Å². The average molecular weight is 316 g/mol. The number of carbonyl (C=O) groups is 2. The lowest BCUT2D eigenvalue weighted by Crippen LogP contribution is -2.31. The van der Waals surface area contributed by atoms with E-state index in [9.17, 15) is 19.8 Å². The van der Waals surface area contributed by atoms with Crippen molar-refractivity contribution in [3.63, 3.8) is 0 Å². The third-order valence-corrected chi connectivity index (χ3v) is 3.21. The van der Waals surface area contributed by atoms with Gasteiger partial charge in [0.15, 0.2) is 0 Å². The molecule has 0 aliphatic rings. The Morgan fingerprint density at radius 3 is 1.35 bits per heavy atom. The van der Waals surface area contributed by atoms with Crippen LogP contribution in [-0.2, 0) is 14.3 Å². The molecule has 0 saturated carbocycles. The minimum atomic E-state index is -1.17. The van der Waals surface area contributed by atoms with E-state index in [1.54, 1.807) is 0 Å². The van der Waals surface area contributed by atoms with Crippen LogP contribution in [0, 0.1) is 0 Å². The van der Waals surface area contributed by atoms with Crippen molar-refractivity contribution in [3.8, 4) is 11.5 Å². The van der Waals surface area contributed by atoms with Crippen molar-refractivity contribution in [2.75, 3.05) is 0 Å². The van der Waals surface area contributed by atoms with Crippen molar-refractivity contribution in [2.45, 2.75) is 12.1 Å². The second-order valence-electron chi connectivity index (χ2n) is 4.88. The number of aromatic hydroxyl groups is 2. The molecule has 0 radical (unpaired) electrons. The first-order chi connectivity index (χ1) is 10.9. The molecular formula is C16H16N2O5. The highest BCUT2D eigenvalue weighted by atomic mass is 16.6. The molecule has 120 valence electrons. The number of carbonyl (C=O) groups excluding carboxylic acids is 2. The first-order valence-electron chi connectivity index (χ1n) is 6.73. The zero-order valence-electron chi connectivity index (χ0n) is 12.0. The molecule has 2 atom stereocenters. The lowest BCUT2D eigenvalue weighted by Gasteiger charge is -2.14. The van der Waals surface area contributed by atoms with E-state index in [-0.39, 0.29) is 11.5 Å². The summed E-state index contributed by atoms with van der Waals surface area (Å²) in [5.74, 6) is -1.84. The predicted octanol–water partition coefficient (Wildman–Crippen LogP) is 0.867. The number of hydrogen-bond acceptors (Lipinski definition) is 7. The normalized spacial score (nSPS) is 13.1. The van der Waals surface area contributed by atoms with Crippen LogP contribution in [0.2, 0.25) is 0 Å². The van der Waals surface area contributed by atoms with Gasteiger partial charge in [0.1, 0.15) is 23.6 Å². The first-order valence-corrected chi connectivity index (χ1v) is 6.73. The van der Waals surface area contributed by atoms with E-state index in [4.69, 9.17) is 16.2 Å². The smallest absolute Gasteiger partial charge is 0.335 e.